The third-order valence-corrected chi connectivity index (χ3v) is 5.73. The molecule has 1 aliphatic heterocycles. The molecule has 1 aromatic carbocycles. The van der Waals surface area contributed by atoms with Crippen LogP contribution < -0.4 is 10.1 Å². The molecule has 0 radical (unpaired) electrons. The minimum absolute atomic E-state index is 0.00255. The SMILES string of the molecule is COc1cc(NC(=O)N2CCC(F)(c3ncc(C(O)CO)cc3Cl)CC2)ccc1C(F)(F)F. The number of carbonyl (C=O) groups excluding carboxylic acids is 1. The minimum atomic E-state index is -4.60. The molecule has 12 heteroatoms. The van der Waals surface area contributed by atoms with Gasteiger partial charge >= 0.3 is 12.2 Å². The number of urea groups is 1. The van der Waals surface area contributed by atoms with E-state index in [1.54, 1.807) is 0 Å². The number of nitrogens with one attached hydrogen (secondary N) is 1. The number of aromatic nitrogens is 1. The summed E-state index contributed by atoms with van der Waals surface area (Å²) in [5.74, 6) is -0.433. The topological polar surface area (TPSA) is 94.9 Å². The number of ether oxygens (including phenoxy) is 1. The maximum atomic E-state index is 15.6. The second kappa shape index (κ2) is 9.70. The Morgan fingerprint density at radius 3 is 2.55 bits per heavy atom. The van der Waals surface area contributed by atoms with Crippen LogP contribution in [-0.2, 0) is 11.8 Å². The normalized spacial score (nSPS) is 16.9. The van der Waals surface area contributed by atoms with E-state index in [0.717, 1.165) is 25.3 Å². The molecule has 33 heavy (non-hydrogen) atoms. The quantitative estimate of drug-likeness (QED) is 0.543. The summed E-state index contributed by atoms with van der Waals surface area (Å²) in [6, 6.07) is 3.72. The molecule has 2 aromatic rings. The van der Waals surface area contributed by atoms with Gasteiger partial charge in [0.1, 0.15) is 11.9 Å². The van der Waals surface area contributed by atoms with Crippen LogP contribution in [0, 0.1) is 0 Å². The van der Waals surface area contributed by atoms with Gasteiger partial charge in [0.05, 0.1) is 30.0 Å². The fourth-order valence-corrected chi connectivity index (χ4v) is 3.92. The first-order valence-electron chi connectivity index (χ1n) is 9.93. The van der Waals surface area contributed by atoms with E-state index in [1.165, 1.54) is 17.2 Å². The molecule has 1 saturated heterocycles. The molecular weight excluding hydrogens is 470 g/mol. The zero-order chi connectivity index (χ0) is 24.4. The number of pyridine rings is 1. The first-order valence-corrected chi connectivity index (χ1v) is 10.3. The lowest BCUT2D eigenvalue weighted by atomic mass is 9.89. The standard InChI is InChI=1S/C21H22ClF4N3O4/c1-33-17-9-13(2-3-14(17)21(24,25)26)28-19(32)29-6-4-20(23,5-7-29)18-15(22)8-12(10-27-18)16(31)11-30/h2-3,8-10,16,30-31H,4-7,11H2,1H3,(H,28,32). The van der Waals surface area contributed by atoms with Crippen molar-refractivity contribution < 1.29 is 37.3 Å². The molecule has 1 fully saturated rings. The van der Waals surface area contributed by atoms with E-state index < -0.39 is 41.9 Å². The number of amides is 2. The van der Waals surface area contributed by atoms with Gasteiger partial charge in [-0.05, 0) is 18.2 Å². The number of likely N-dealkylation sites (tertiary alicyclic amines) is 1. The van der Waals surface area contributed by atoms with Crippen molar-refractivity contribution in [2.45, 2.75) is 30.8 Å². The zero-order valence-electron chi connectivity index (χ0n) is 17.5. The van der Waals surface area contributed by atoms with Crippen LogP contribution in [0.3, 0.4) is 0 Å². The fraction of sp³-hybridized carbons (Fsp3) is 0.429. The third kappa shape index (κ3) is 5.48. The van der Waals surface area contributed by atoms with Crippen LogP contribution in [0.4, 0.5) is 28.0 Å². The van der Waals surface area contributed by atoms with E-state index in [0.29, 0.717) is 0 Å². The highest BCUT2D eigenvalue weighted by Gasteiger charge is 2.40. The van der Waals surface area contributed by atoms with Gasteiger partial charge in [-0.2, -0.15) is 13.2 Å². The van der Waals surface area contributed by atoms with Crippen molar-refractivity contribution in [3.05, 3.63) is 52.3 Å². The summed E-state index contributed by atoms with van der Waals surface area (Å²) in [6.07, 6.45) is -4.76. The number of methoxy groups -OCH3 is 1. The molecule has 3 N–H and O–H groups in total. The highest BCUT2D eigenvalue weighted by Crippen LogP contribution is 2.40. The summed E-state index contributed by atoms with van der Waals surface area (Å²) >= 11 is 6.15. The molecule has 1 aromatic heterocycles. The number of halogens is 5. The molecule has 1 aliphatic rings. The lowest BCUT2D eigenvalue weighted by Gasteiger charge is -2.36. The zero-order valence-corrected chi connectivity index (χ0v) is 18.3. The average Bonchev–Trinajstić information content (AvgIpc) is 2.77. The smallest absolute Gasteiger partial charge is 0.419 e. The first kappa shape index (κ1) is 25.0. The molecule has 0 spiro atoms. The Labute approximate surface area is 191 Å². The monoisotopic (exact) mass is 491 g/mol. The van der Waals surface area contributed by atoms with Gasteiger partial charge in [0.2, 0.25) is 0 Å². The number of piperidine rings is 1. The van der Waals surface area contributed by atoms with Gasteiger partial charge in [-0.15, -0.1) is 0 Å². The summed E-state index contributed by atoms with van der Waals surface area (Å²) < 4.78 is 59.3. The Kier molecular flexibility index (Phi) is 7.35. The third-order valence-electron chi connectivity index (χ3n) is 5.45. The Hall–Kier alpha value is -2.63. The van der Waals surface area contributed by atoms with E-state index >= 15 is 4.39 Å². The molecule has 0 bridgehead atoms. The van der Waals surface area contributed by atoms with Crippen molar-refractivity contribution >= 4 is 23.3 Å². The second-order valence-electron chi connectivity index (χ2n) is 7.59. The summed E-state index contributed by atoms with van der Waals surface area (Å²) in [5.41, 5.74) is -2.55. The number of nitrogens with zero attached hydrogens (tertiary/aromatic N) is 2. The molecule has 2 heterocycles. The molecule has 0 saturated carbocycles. The molecule has 180 valence electrons. The molecule has 0 aliphatic carbocycles. The Morgan fingerprint density at radius 1 is 1.33 bits per heavy atom. The van der Waals surface area contributed by atoms with Gasteiger partial charge in [0.15, 0.2) is 5.67 Å². The van der Waals surface area contributed by atoms with Crippen LogP contribution in [0.5, 0.6) is 5.75 Å². The van der Waals surface area contributed by atoms with Crippen molar-refractivity contribution in [2.75, 3.05) is 32.1 Å². The van der Waals surface area contributed by atoms with Gasteiger partial charge in [0, 0.05) is 49.4 Å². The summed E-state index contributed by atoms with van der Waals surface area (Å²) in [5, 5.41) is 21.2. The second-order valence-corrected chi connectivity index (χ2v) is 8.00. The maximum absolute atomic E-state index is 15.6. The number of carbonyl (C=O) groups is 1. The number of rotatable bonds is 5. The van der Waals surface area contributed by atoms with Crippen LogP contribution in [0.2, 0.25) is 5.02 Å². The van der Waals surface area contributed by atoms with Crippen LogP contribution >= 0.6 is 11.6 Å². The Bertz CT molecular complexity index is 1010. The summed E-state index contributed by atoms with van der Waals surface area (Å²) in [6.45, 7) is -0.509. The summed E-state index contributed by atoms with van der Waals surface area (Å²) in [4.78, 5) is 17.9. The van der Waals surface area contributed by atoms with Gasteiger partial charge in [-0.1, -0.05) is 11.6 Å². The lowest BCUT2D eigenvalue weighted by molar-refractivity contribution is -0.138. The van der Waals surface area contributed by atoms with Crippen LogP contribution in [0.1, 0.15) is 35.8 Å². The fourth-order valence-electron chi connectivity index (χ4n) is 3.58. The van der Waals surface area contributed by atoms with Crippen molar-refractivity contribution in [1.82, 2.24) is 9.88 Å². The predicted octanol–water partition coefficient (Wildman–Crippen LogP) is 4.28. The van der Waals surface area contributed by atoms with Gasteiger partial charge in [0.25, 0.3) is 0 Å². The molecule has 2 amide bonds. The van der Waals surface area contributed by atoms with Gasteiger partial charge in [-0.25, -0.2) is 9.18 Å². The van der Waals surface area contributed by atoms with Crippen LogP contribution in [0.15, 0.2) is 30.5 Å². The van der Waals surface area contributed by atoms with Crippen molar-refractivity contribution in [3.8, 4) is 5.75 Å². The van der Waals surface area contributed by atoms with Crippen LogP contribution in [0.25, 0.3) is 0 Å². The number of hydrogen-bond donors (Lipinski definition) is 3. The largest absolute Gasteiger partial charge is 0.496 e. The molecule has 1 atom stereocenters. The highest BCUT2D eigenvalue weighted by molar-refractivity contribution is 6.31. The van der Waals surface area contributed by atoms with Crippen molar-refractivity contribution in [3.63, 3.8) is 0 Å². The number of anilines is 1. The highest BCUT2D eigenvalue weighted by atomic mass is 35.5. The minimum Gasteiger partial charge on any atom is -0.496 e. The first-order chi connectivity index (χ1) is 15.5. The van der Waals surface area contributed by atoms with E-state index in [9.17, 15) is 23.1 Å². The number of aliphatic hydroxyl groups excluding tert-OH is 2. The number of aliphatic hydroxyl groups is 2. The van der Waals surface area contributed by atoms with E-state index in [1.807, 2.05) is 0 Å². The Balaban J connectivity index is 1.67. The summed E-state index contributed by atoms with van der Waals surface area (Å²) in [7, 11) is 1.10. The molecule has 7 nitrogen and oxygen atoms in total. The predicted molar refractivity (Wildman–Crippen MR) is 112 cm³/mol. The van der Waals surface area contributed by atoms with Crippen molar-refractivity contribution in [1.29, 1.82) is 0 Å². The van der Waals surface area contributed by atoms with Crippen LogP contribution in [-0.4, -0.2) is 52.9 Å². The molecular formula is C21H22ClF4N3O4. The van der Waals surface area contributed by atoms with Crippen molar-refractivity contribution in [2.24, 2.45) is 0 Å². The number of benzene rings is 1. The molecule has 1 unspecified atom stereocenters. The van der Waals surface area contributed by atoms with E-state index in [-0.39, 0.29) is 47.9 Å². The maximum Gasteiger partial charge on any atom is 0.419 e. The van der Waals surface area contributed by atoms with E-state index in [2.05, 4.69) is 10.3 Å². The number of hydrogen-bond acceptors (Lipinski definition) is 5. The average molecular weight is 492 g/mol. The lowest BCUT2D eigenvalue weighted by Crippen LogP contribution is -2.45. The van der Waals surface area contributed by atoms with E-state index in [4.69, 9.17) is 21.4 Å². The number of alkyl halides is 4. The van der Waals surface area contributed by atoms with Gasteiger partial charge < -0.3 is 25.2 Å². The Morgan fingerprint density at radius 2 is 2.00 bits per heavy atom. The molecule has 3 rings (SSSR count). The van der Waals surface area contributed by atoms with Gasteiger partial charge in [-0.3, -0.25) is 4.98 Å².